The average Bonchev–Trinajstić information content (AvgIpc) is 2.69. The maximum atomic E-state index is 12.5. The second-order valence-electron chi connectivity index (χ2n) is 6.12. The highest BCUT2D eigenvalue weighted by molar-refractivity contribution is 7.89. The average molecular weight is 302 g/mol. The second-order valence-corrected chi connectivity index (χ2v) is 7.83. The van der Waals surface area contributed by atoms with Crippen molar-refractivity contribution >= 4 is 10.0 Å². The summed E-state index contributed by atoms with van der Waals surface area (Å²) >= 11 is 0. The lowest BCUT2D eigenvalue weighted by atomic mass is 9.81. The van der Waals surface area contributed by atoms with Crippen molar-refractivity contribution in [2.75, 3.05) is 13.6 Å². The standard InChI is InChI=1S/C13H26N4O2S/c1-9(2)13(4,5)8-15-20(18,19)12-10(3)16-17-11(12)7-14-6/h9,14-15H,7-8H2,1-6H3,(H,16,17). The lowest BCUT2D eigenvalue weighted by molar-refractivity contribution is 0.252. The smallest absolute Gasteiger partial charge is 0.244 e. The van der Waals surface area contributed by atoms with E-state index in [4.69, 9.17) is 0 Å². The third-order valence-electron chi connectivity index (χ3n) is 3.85. The molecule has 0 radical (unpaired) electrons. The zero-order valence-electron chi connectivity index (χ0n) is 13.2. The van der Waals surface area contributed by atoms with Crippen molar-refractivity contribution in [1.29, 1.82) is 0 Å². The Morgan fingerprint density at radius 1 is 1.35 bits per heavy atom. The Morgan fingerprint density at radius 2 is 1.95 bits per heavy atom. The molecule has 7 heteroatoms. The zero-order chi connectivity index (χ0) is 15.6. The van der Waals surface area contributed by atoms with E-state index in [0.29, 0.717) is 30.4 Å². The van der Waals surface area contributed by atoms with Crippen LogP contribution in [0.2, 0.25) is 0 Å². The van der Waals surface area contributed by atoms with E-state index in [1.807, 2.05) is 0 Å². The van der Waals surface area contributed by atoms with Gasteiger partial charge in [0.25, 0.3) is 0 Å². The van der Waals surface area contributed by atoms with Gasteiger partial charge in [0.1, 0.15) is 4.90 Å². The summed E-state index contributed by atoms with van der Waals surface area (Å²) in [4.78, 5) is 0.256. The fraction of sp³-hybridized carbons (Fsp3) is 0.769. The van der Waals surface area contributed by atoms with Crippen molar-refractivity contribution in [3.63, 3.8) is 0 Å². The number of hydrogen-bond donors (Lipinski definition) is 3. The molecule has 3 N–H and O–H groups in total. The van der Waals surface area contributed by atoms with Crippen molar-refractivity contribution in [1.82, 2.24) is 20.2 Å². The summed E-state index contributed by atoms with van der Waals surface area (Å²) in [6, 6.07) is 0. The molecule has 0 aliphatic rings. The molecule has 0 saturated carbocycles. The highest BCUT2D eigenvalue weighted by Crippen LogP contribution is 2.26. The predicted molar refractivity (Wildman–Crippen MR) is 79.9 cm³/mol. The molecule has 6 nitrogen and oxygen atoms in total. The molecular formula is C13H26N4O2S. The number of nitrogens with zero attached hydrogens (tertiary/aromatic N) is 1. The van der Waals surface area contributed by atoms with Crippen LogP contribution >= 0.6 is 0 Å². The first kappa shape index (κ1) is 17.1. The minimum absolute atomic E-state index is 0.103. The Hall–Kier alpha value is -0.920. The maximum absolute atomic E-state index is 12.5. The van der Waals surface area contributed by atoms with Crippen LogP contribution in [0.25, 0.3) is 0 Å². The Bertz CT molecular complexity index is 547. The zero-order valence-corrected chi connectivity index (χ0v) is 14.0. The molecule has 0 atom stereocenters. The predicted octanol–water partition coefficient (Wildman–Crippen LogP) is 1.40. The fourth-order valence-corrected chi connectivity index (χ4v) is 3.25. The van der Waals surface area contributed by atoms with E-state index in [9.17, 15) is 8.42 Å². The molecule has 0 spiro atoms. The summed E-state index contributed by atoms with van der Waals surface area (Å²) in [5.74, 6) is 0.382. The van der Waals surface area contributed by atoms with Gasteiger partial charge in [0, 0.05) is 13.1 Å². The third kappa shape index (κ3) is 3.80. The van der Waals surface area contributed by atoms with Crippen LogP contribution in [0.3, 0.4) is 0 Å². The molecule has 20 heavy (non-hydrogen) atoms. The van der Waals surface area contributed by atoms with Crippen LogP contribution in [0.4, 0.5) is 0 Å². The van der Waals surface area contributed by atoms with Crippen LogP contribution < -0.4 is 10.0 Å². The Balaban J connectivity index is 2.98. The van der Waals surface area contributed by atoms with Crippen molar-refractivity contribution in [2.45, 2.75) is 46.1 Å². The van der Waals surface area contributed by atoms with Gasteiger partial charge in [0.2, 0.25) is 10.0 Å². The molecule has 0 bridgehead atoms. The quantitative estimate of drug-likeness (QED) is 0.710. The molecule has 0 fully saturated rings. The molecule has 1 rings (SSSR count). The van der Waals surface area contributed by atoms with Gasteiger partial charge in [0.05, 0.1) is 11.4 Å². The van der Waals surface area contributed by atoms with E-state index in [2.05, 4.69) is 47.9 Å². The van der Waals surface area contributed by atoms with E-state index in [-0.39, 0.29) is 10.3 Å². The SMILES string of the molecule is CNCc1n[nH]c(C)c1S(=O)(=O)NCC(C)(C)C(C)C. The summed E-state index contributed by atoms with van der Waals surface area (Å²) in [5.41, 5.74) is 0.971. The lowest BCUT2D eigenvalue weighted by Gasteiger charge is -2.29. The first-order chi connectivity index (χ1) is 9.12. The summed E-state index contributed by atoms with van der Waals surface area (Å²) in [7, 11) is -1.79. The molecule has 0 unspecified atom stereocenters. The molecular weight excluding hydrogens is 276 g/mol. The maximum Gasteiger partial charge on any atom is 0.244 e. The number of sulfonamides is 1. The molecule has 0 aliphatic carbocycles. The third-order valence-corrected chi connectivity index (χ3v) is 5.46. The van der Waals surface area contributed by atoms with Crippen LogP contribution in [0.1, 0.15) is 39.1 Å². The van der Waals surface area contributed by atoms with Gasteiger partial charge in [-0.1, -0.05) is 27.7 Å². The van der Waals surface area contributed by atoms with Crippen LogP contribution in [0.15, 0.2) is 4.90 Å². The first-order valence-corrected chi connectivity index (χ1v) is 8.28. The Labute approximate surface area is 121 Å². The molecule has 1 aromatic rings. The fourth-order valence-electron chi connectivity index (χ4n) is 1.67. The molecule has 0 saturated heterocycles. The van der Waals surface area contributed by atoms with Gasteiger partial charge in [-0.25, -0.2) is 13.1 Å². The van der Waals surface area contributed by atoms with Crippen molar-refractivity contribution in [3.05, 3.63) is 11.4 Å². The molecule has 116 valence electrons. The van der Waals surface area contributed by atoms with Gasteiger partial charge >= 0.3 is 0 Å². The highest BCUT2D eigenvalue weighted by atomic mass is 32.2. The van der Waals surface area contributed by atoms with Crippen LogP contribution in [0, 0.1) is 18.3 Å². The second kappa shape index (κ2) is 6.24. The van der Waals surface area contributed by atoms with E-state index in [1.54, 1.807) is 14.0 Å². The minimum atomic E-state index is -3.55. The van der Waals surface area contributed by atoms with E-state index >= 15 is 0 Å². The topological polar surface area (TPSA) is 86.9 Å². The molecule has 0 aliphatic heterocycles. The number of H-pyrrole nitrogens is 1. The van der Waals surface area contributed by atoms with Gasteiger partial charge in [-0.2, -0.15) is 5.10 Å². The number of nitrogens with one attached hydrogen (secondary N) is 3. The van der Waals surface area contributed by atoms with Crippen LogP contribution in [-0.2, 0) is 16.6 Å². The summed E-state index contributed by atoms with van der Waals surface area (Å²) in [5, 5.41) is 9.71. The minimum Gasteiger partial charge on any atom is -0.314 e. The molecule has 1 heterocycles. The monoisotopic (exact) mass is 302 g/mol. The van der Waals surface area contributed by atoms with Gasteiger partial charge < -0.3 is 5.32 Å². The summed E-state index contributed by atoms with van der Waals surface area (Å²) in [6.07, 6.45) is 0. The highest BCUT2D eigenvalue weighted by Gasteiger charge is 2.28. The van der Waals surface area contributed by atoms with Gasteiger partial charge in [-0.05, 0) is 25.3 Å². The van der Waals surface area contributed by atoms with Crippen molar-refractivity contribution < 1.29 is 8.42 Å². The first-order valence-electron chi connectivity index (χ1n) is 6.80. The number of aromatic amines is 1. The number of hydrogen-bond acceptors (Lipinski definition) is 4. The summed E-state index contributed by atoms with van der Waals surface area (Å²) < 4.78 is 27.7. The van der Waals surface area contributed by atoms with E-state index in [1.165, 1.54) is 0 Å². The summed E-state index contributed by atoms with van der Waals surface area (Å²) in [6.45, 7) is 10.8. The Kier molecular flexibility index (Phi) is 5.34. The van der Waals surface area contributed by atoms with Gasteiger partial charge in [0.15, 0.2) is 0 Å². The van der Waals surface area contributed by atoms with Crippen LogP contribution in [0.5, 0.6) is 0 Å². The van der Waals surface area contributed by atoms with Gasteiger partial charge in [-0.15, -0.1) is 0 Å². The largest absolute Gasteiger partial charge is 0.314 e. The van der Waals surface area contributed by atoms with Crippen molar-refractivity contribution in [2.24, 2.45) is 11.3 Å². The Morgan fingerprint density at radius 3 is 2.45 bits per heavy atom. The van der Waals surface area contributed by atoms with Gasteiger partial charge in [-0.3, -0.25) is 5.10 Å². The number of rotatable bonds is 7. The number of aromatic nitrogens is 2. The van der Waals surface area contributed by atoms with E-state index < -0.39 is 10.0 Å². The number of aryl methyl sites for hydroxylation is 1. The normalized spacial score (nSPS) is 13.2. The molecule has 0 amide bonds. The molecule has 1 aromatic heterocycles. The van der Waals surface area contributed by atoms with E-state index in [0.717, 1.165) is 0 Å². The molecule has 0 aromatic carbocycles. The van der Waals surface area contributed by atoms with Crippen molar-refractivity contribution in [3.8, 4) is 0 Å². The van der Waals surface area contributed by atoms with Crippen LogP contribution in [-0.4, -0.2) is 32.2 Å². The lowest BCUT2D eigenvalue weighted by Crippen LogP contribution is -2.37.